The number of carbonyl (C=O) groups is 3. The summed E-state index contributed by atoms with van der Waals surface area (Å²) in [5, 5.41) is 2.28. The number of nitrogens with one attached hydrogen (secondary N) is 1. The molecule has 1 aliphatic heterocycles. The lowest BCUT2D eigenvalue weighted by Gasteiger charge is -2.30. The lowest BCUT2D eigenvalue weighted by molar-refractivity contribution is -0.142. The van der Waals surface area contributed by atoms with Crippen LogP contribution in [0.2, 0.25) is 0 Å². The van der Waals surface area contributed by atoms with E-state index >= 15 is 0 Å². The normalized spacial score (nSPS) is 18.0. The van der Waals surface area contributed by atoms with Gasteiger partial charge < -0.3 is 0 Å². The molecule has 5 heteroatoms. The van der Waals surface area contributed by atoms with E-state index in [4.69, 9.17) is 0 Å². The van der Waals surface area contributed by atoms with Crippen LogP contribution in [0.5, 0.6) is 0 Å². The highest BCUT2D eigenvalue weighted by Gasteiger charge is 2.40. The Morgan fingerprint density at radius 3 is 2.00 bits per heavy atom. The van der Waals surface area contributed by atoms with E-state index in [0.717, 1.165) is 16.0 Å². The number of imide groups is 2. The van der Waals surface area contributed by atoms with Gasteiger partial charge in [0.05, 0.1) is 6.54 Å². The van der Waals surface area contributed by atoms with Crippen molar-refractivity contribution in [2.24, 2.45) is 5.92 Å². The maximum absolute atomic E-state index is 12.6. The fourth-order valence-electron chi connectivity index (χ4n) is 2.61. The third kappa shape index (κ3) is 3.29. The topological polar surface area (TPSA) is 66.5 Å². The maximum atomic E-state index is 12.6. The Bertz CT molecular complexity index is 667. The van der Waals surface area contributed by atoms with Crippen molar-refractivity contribution >= 4 is 17.8 Å². The largest absolute Gasteiger partial charge is 0.331 e. The molecule has 1 saturated heterocycles. The van der Waals surface area contributed by atoms with Gasteiger partial charge in [-0.3, -0.25) is 19.8 Å². The molecule has 0 aliphatic carbocycles. The van der Waals surface area contributed by atoms with Crippen molar-refractivity contribution in [1.82, 2.24) is 10.2 Å². The number of barbiturate groups is 1. The van der Waals surface area contributed by atoms with Gasteiger partial charge in [-0.1, -0.05) is 60.7 Å². The summed E-state index contributed by atoms with van der Waals surface area (Å²) in [7, 11) is 0. The zero-order chi connectivity index (χ0) is 16.2. The SMILES string of the molecule is O=C1NC(=O)N(Cc2ccccc2)C(=O)C1Cc1ccccc1. The summed E-state index contributed by atoms with van der Waals surface area (Å²) >= 11 is 0. The summed E-state index contributed by atoms with van der Waals surface area (Å²) in [6, 6.07) is 17.9. The quantitative estimate of drug-likeness (QED) is 0.880. The van der Waals surface area contributed by atoms with Crippen molar-refractivity contribution in [3.63, 3.8) is 0 Å². The zero-order valence-electron chi connectivity index (χ0n) is 12.4. The average Bonchev–Trinajstić information content (AvgIpc) is 2.57. The molecular formula is C18H16N2O3. The van der Waals surface area contributed by atoms with E-state index in [1.165, 1.54) is 0 Å². The molecule has 1 N–H and O–H groups in total. The molecule has 2 aromatic rings. The molecule has 4 amide bonds. The van der Waals surface area contributed by atoms with Gasteiger partial charge in [0, 0.05) is 0 Å². The van der Waals surface area contributed by atoms with Crippen LogP contribution in [0.15, 0.2) is 60.7 Å². The van der Waals surface area contributed by atoms with Crippen molar-refractivity contribution in [2.45, 2.75) is 13.0 Å². The second-order valence-corrected chi connectivity index (χ2v) is 5.45. The van der Waals surface area contributed by atoms with Crippen LogP contribution in [0.4, 0.5) is 4.79 Å². The molecule has 1 aliphatic rings. The van der Waals surface area contributed by atoms with Crippen LogP contribution in [-0.2, 0) is 22.6 Å². The minimum absolute atomic E-state index is 0.157. The molecule has 116 valence electrons. The zero-order valence-corrected chi connectivity index (χ0v) is 12.4. The fraction of sp³-hybridized carbons (Fsp3) is 0.167. The predicted octanol–water partition coefficient (Wildman–Crippen LogP) is 2.12. The molecule has 1 heterocycles. The van der Waals surface area contributed by atoms with E-state index in [0.29, 0.717) is 0 Å². The summed E-state index contributed by atoms with van der Waals surface area (Å²) in [5.74, 6) is -1.86. The molecule has 1 fully saturated rings. The molecule has 1 atom stereocenters. The minimum atomic E-state index is -0.876. The van der Waals surface area contributed by atoms with Crippen LogP contribution in [0.1, 0.15) is 11.1 Å². The van der Waals surface area contributed by atoms with Crippen molar-refractivity contribution in [1.29, 1.82) is 0 Å². The maximum Gasteiger partial charge on any atom is 0.331 e. The summed E-state index contributed by atoms with van der Waals surface area (Å²) < 4.78 is 0. The van der Waals surface area contributed by atoms with Crippen LogP contribution < -0.4 is 5.32 Å². The van der Waals surface area contributed by atoms with Gasteiger partial charge >= 0.3 is 6.03 Å². The third-order valence-electron chi connectivity index (χ3n) is 3.82. The van der Waals surface area contributed by atoms with Gasteiger partial charge in [0.2, 0.25) is 11.8 Å². The fourth-order valence-corrected chi connectivity index (χ4v) is 2.61. The molecule has 0 bridgehead atoms. The Balaban J connectivity index is 1.80. The van der Waals surface area contributed by atoms with Crippen molar-refractivity contribution in [2.75, 3.05) is 0 Å². The van der Waals surface area contributed by atoms with E-state index in [-0.39, 0.29) is 13.0 Å². The highest BCUT2D eigenvalue weighted by atomic mass is 16.2. The molecule has 0 aromatic heterocycles. The number of hydrogen-bond donors (Lipinski definition) is 1. The molecular weight excluding hydrogens is 292 g/mol. The first-order valence-electron chi connectivity index (χ1n) is 7.39. The highest BCUT2D eigenvalue weighted by Crippen LogP contribution is 2.18. The van der Waals surface area contributed by atoms with Crippen LogP contribution in [0, 0.1) is 5.92 Å². The van der Waals surface area contributed by atoms with Gasteiger partial charge in [0.15, 0.2) is 0 Å². The molecule has 0 saturated carbocycles. The standard InChI is InChI=1S/C18H16N2O3/c21-16-15(11-13-7-3-1-4-8-13)17(22)20(18(23)19-16)12-14-9-5-2-6-10-14/h1-10,15H,11-12H2,(H,19,21,23). The van der Waals surface area contributed by atoms with Crippen LogP contribution in [0.25, 0.3) is 0 Å². The van der Waals surface area contributed by atoms with Gasteiger partial charge in [-0.25, -0.2) is 4.79 Å². The molecule has 0 spiro atoms. The number of carbonyl (C=O) groups excluding carboxylic acids is 3. The molecule has 23 heavy (non-hydrogen) atoms. The van der Waals surface area contributed by atoms with E-state index in [9.17, 15) is 14.4 Å². The van der Waals surface area contributed by atoms with Crippen LogP contribution in [-0.4, -0.2) is 22.7 Å². The van der Waals surface area contributed by atoms with Crippen molar-refractivity contribution in [3.8, 4) is 0 Å². The summed E-state index contributed by atoms with van der Waals surface area (Å²) in [5.41, 5.74) is 1.72. The Morgan fingerprint density at radius 1 is 0.826 bits per heavy atom. The number of amides is 4. The number of hydrogen-bond acceptors (Lipinski definition) is 3. The lowest BCUT2D eigenvalue weighted by Crippen LogP contribution is -2.57. The Labute approximate surface area is 133 Å². The lowest BCUT2D eigenvalue weighted by atomic mass is 9.95. The number of urea groups is 1. The first-order chi connectivity index (χ1) is 11.1. The third-order valence-corrected chi connectivity index (χ3v) is 3.82. The van der Waals surface area contributed by atoms with Crippen LogP contribution >= 0.6 is 0 Å². The first-order valence-corrected chi connectivity index (χ1v) is 7.39. The molecule has 5 nitrogen and oxygen atoms in total. The molecule has 2 aromatic carbocycles. The van der Waals surface area contributed by atoms with Crippen molar-refractivity contribution in [3.05, 3.63) is 71.8 Å². The predicted molar refractivity (Wildman–Crippen MR) is 84.2 cm³/mol. The molecule has 0 radical (unpaired) electrons. The first kappa shape index (κ1) is 15.0. The van der Waals surface area contributed by atoms with E-state index < -0.39 is 23.8 Å². The van der Waals surface area contributed by atoms with Crippen molar-refractivity contribution < 1.29 is 14.4 Å². The van der Waals surface area contributed by atoms with E-state index in [2.05, 4.69) is 5.32 Å². The average molecular weight is 308 g/mol. The second-order valence-electron chi connectivity index (χ2n) is 5.45. The van der Waals surface area contributed by atoms with E-state index in [1.807, 2.05) is 60.7 Å². The van der Waals surface area contributed by atoms with Crippen LogP contribution in [0.3, 0.4) is 0 Å². The summed E-state index contributed by atoms with van der Waals surface area (Å²) in [4.78, 5) is 37.7. The Morgan fingerprint density at radius 2 is 1.39 bits per heavy atom. The van der Waals surface area contributed by atoms with E-state index in [1.54, 1.807) is 0 Å². The second kappa shape index (κ2) is 6.44. The monoisotopic (exact) mass is 308 g/mol. The Kier molecular flexibility index (Phi) is 4.19. The number of rotatable bonds is 4. The van der Waals surface area contributed by atoms with Gasteiger partial charge in [-0.15, -0.1) is 0 Å². The summed E-state index contributed by atoms with van der Waals surface area (Å²) in [6.07, 6.45) is 0.282. The highest BCUT2D eigenvalue weighted by molar-refractivity contribution is 6.16. The van der Waals surface area contributed by atoms with Gasteiger partial charge in [0.1, 0.15) is 5.92 Å². The molecule has 3 rings (SSSR count). The van der Waals surface area contributed by atoms with Gasteiger partial charge in [0.25, 0.3) is 0 Å². The molecule has 1 unspecified atom stereocenters. The van der Waals surface area contributed by atoms with Gasteiger partial charge in [-0.05, 0) is 17.5 Å². The smallest absolute Gasteiger partial charge is 0.277 e. The number of nitrogens with zero attached hydrogens (tertiary/aromatic N) is 1. The number of benzene rings is 2. The minimum Gasteiger partial charge on any atom is -0.277 e. The van der Waals surface area contributed by atoms with Gasteiger partial charge in [-0.2, -0.15) is 0 Å². The Hall–Kier alpha value is -2.95. The summed E-state index contributed by atoms with van der Waals surface area (Å²) in [6.45, 7) is 0.157.